The SMILES string of the molecule is CN(C(=O)COC1CCCC1)c1ccc(OCC(=O)O)cc1. The maximum Gasteiger partial charge on any atom is 0.341 e. The van der Waals surface area contributed by atoms with Gasteiger partial charge in [0.1, 0.15) is 12.4 Å². The Morgan fingerprint density at radius 1 is 1.18 bits per heavy atom. The van der Waals surface area contributed by atoms with E-state index in [4.69, 9.17) is 14.6 Å². The molecular formula is C16H21NO5. The minimum absolute atomic E-state index is 0.0818. The number of anilines is 1. The van der Waals surface area contributed by atoms with Gasteiger partial charge in [-0.2, -0.15) is 0 Å². The highest BCUT2D eigenvalue weighted by Gasteiger charge is 2.18. The molecule has 1 aliphatic rings. The molecule has 0 unspecified atom stereocenters. The fourth-order valence-electron chi connectivity index (χ4n) is 2.40. The number of hydrogen-bond acceptors (Lipinski definition) is 4. The van der Waals surface area contributed by atoms with Gasteiger partial charge in [0.05, 0.1) is 6.10 Å². The van der Waals surface area contributed by atoms with Crippen molar-refractivity contribution >= 4 is 17.6 Å². The number of nitrogens with zero attached hydrogens (tertiary/aromatic N) is 1. The molecule has 1 aromatic rings. The molecule has 1 fully saturated rings. The molecule has 0 radical (unpaired) electrons. The van der Waals surface area contributed by atoms with E-state index in [1.54, 1.807) is 31.3 Å². The van der Waals surface area contributed by atoms with Gasteiger partial charge in [-0.3, -0.25) is 4.79 Å². The molecule has 0 aromatic heterocycles. The molecule has 1 N–H and O–H groups in total. The summed E-state index contributed by atoms with van der Waals surface area (Å²) in [5, 5.41) is 8.55. The Labute approximate surface area is 129 Å². The molecular weight excluding hydrogens is 286 g/mol. The lowest BCUT2D eigenvalue weighted by Crippen LogP contribution is -2.31. The van der Waals surface area contributed by atoms with Crippen LogP contribution in [0.1, 0.15) is 25.7 Å². The van der Waals surface area contributed by atoms with E-state index in [-0.39, 0.29) is 25.2 Å². The molecule has 6 nitrogen and oxygen atoms in total. The van der Waals surface area contributed by atoms with Crippen LogP contribution in [0.25, 0.3) is 0 Å². The first-order valence-electron chi connectivity index (χ1n) is 7.39. The number of carboxylic acids is 1. The van der Waals surface area contributed by atoms with Crippen LogP contribution in [0.5, 0.6) is 5.75 Å². The summed E-state index contributed by atoms with van der Waals surface area (Å²) in [4.78, 5) is 24.0. The number of aliphatic carboxylic acids is 1. The van der Waals surface area contributed by atoms with Crippen LogP contribution in [0, 0.1) is 0 Å². The lowest BCUT2D eigenvalue weighted by Gasteiger charge is -2.19. The maximum absolute atomic E-state index is 12.1. The number of hydrogen-bond donors (Lipinski definition) is 1. The summed E-state index contributed by atoms with van der Waals surface area (Å²) in [6.45, 7) is -0.304. The average Bonchev–Trinajstić information content (AvgIpc) is 3.03. The van der Waals surface area contributed by atoms with Gasteiger partial charge in [0, 0.05) is 12.7 Å². The molecule has 1 aliphatic carbocycles. The van der Waals surface area contributed by atoms with Crippen LogP contribution in [0.2, 0.25) is 0 Å². The Morgan fingerprint density at radius 2 is 1.82 bits per heavy atom. The first kappa shape index (κ1) is 16.3. The lowest BCUT2D eigenvalue weighted by atomic mass is 10.2. The van der Waals surface area contributed by atoms with E-state index >= 15 is 0 Å². The van der Waals surface area contributed by atoms with Gasteiger partial charge < -0.3 is 19.5 Å². The van der Waals surface area contributed by atoms with E-state index in [2.05, 4.69) is 0 Å². The van der Waals surface area contributed by atoms with Crippen LogP contribution in [0.15, 0.2) is 24.3 Å². The van der Waals surface area contributed by atoms with Crippen LogP contribution in [-0.2, 0) is 14.3 Å². The van der Waals surface area contributed by atoms with Crippen LogP contribution >= 0.6 is 0 Å². The molecule has 0 bridgehead atoms. The fraction of sp³-hybridized carbons (Fsp3) is 0.500. The van der Waals surface area contributed by atoms with E-state index < -0.39 is 5.97 Å². The first-order valence-corrected chi connectivity index (χ1v) is 7.39. The highest BCUT2D eigenvalue weighted by Crippen LogP contribution is 2.22. The van der Waals surface area contributed by atoms with Gasteiger partial charge in [0.25, 0.3) is 5.91 Å². The van der Waals surface area contributed by atoms with Crippen molar-refractivity contribution in [2.75, 3.05) is 25.2 Å². The van der Waals surface area contributed by atoms with Crippen molar-refractivity contribution in [2.24, 2.45) is 0 Å². The molecule has 1 amide bonds. The molecule has 0 heterocycles. The predicted octanol–water partition coefficient (Wildman–Crippen LogP) is 2.07. The minimum atomic E-state index is -1.03. The lowest BCUT2D eigenvalue weighted by molar-refractivity contribution is -0.139. The molecule has 2 rings (SSSR count). The maximum atomic E-state index is 12.1. The molecule has 1 aromatic carbocycles. The van der Waals surface area contributed by atoms with Crippen molar-refractivity contribution in [3.05, 3.63) is 24.3 Å². The Hall–Kier alpha value is -2.08. The summed E-state index contributed by atoms with van der Waals surface area (Å²) in [7, 11) is 1.69. The highest BCUT2D eigenvalue weighted by molar-refractivity contribution is 5.93. The fourth-order valence-corrected chi connectivity index (χ4v) is 2.40. The van der Waals surface area contributed by atoms with Crippen LogP contribution < -0.4 is 9.64 Å². The van der Waals surface area contributed by atoms with E-state index in [1.807, 2.05) is 0 Å². The highest BCUT2D eigenvalue weighted by atomic mass is 16.5. The van der Waals surface area contributed by atoms with Crippen LogP contribution in [0.4, 0.5) is 5.69 Å². The Kier molecular flexibility index (Phi) is 5.77. The average molecular weight is 307 g/mol. The Bertz CT molecular complexity index is 508. The molecule has 0 aliphatic heterocycles. The Morgan fingerprint density at radius 3 is 2.41 bits per heavy atom. The largest absolute Gasteiger partial charge is 0.482 e. The first-order chi connectivity index (χ1) is 10.6. The summed E-state index contributed by atoms with van der Waals surface area (Å²) < 4.78 is 10.7. The summed E-state index contributed by atoms with van der Waals surface area (Å²) in [6.07, 6.45) is 4.63. The second-order valence-electron chi connectivity index (χ2n) is 5.35. The molecule has 0 spiro atoms. The molecule has 0 saturated heterocycles. The summed E-state index contributed by atoms with van der Waals surface area (Å²) in [5.74, 6) is -0.680. The van der Waals surface area contributed by atoms with Gasteiger partial charge in [0.2, 0.25) is 0 Å². The third-order valence-corrected chi connectivity index (χ3v) is 3.71. The summed E-state index contributed by atoms with van der Waals surface area (Å²) in [5.41, 5.74) is 0.711. The smallest absolute Gasteiger partial charge is 0.341 e. The third-order valence-electron chi connectivity index (χ3n) is 3.71. The van der Waals surface area contributed by atoms with E-state index in [9.17, 15) is 9.59 Å². The number of likely N-dealkylation sites (N-methyl/N-ethyl adjacent to an activating group) is 1. The number of ether oxygens (including phenoxy) is 2. The number of carbonyl (C=O) groups excluding carboxylic acids is 1. The predicted molar refractivity (Wildman–Crippen MR) is 81.2 cm³/mol. The van der Waals surface area contributed by atoms with Crippen LogP contribution in [0.3, 0.4) is 0 Å². The zero-order valence-corrected chi connectivity index (χ0v) is 12.7. The van der Waals surface area contributed by atoms with E-state index in [1.165, 1.54) is 17.7 Å². The van der Waals surface area contributed by atoms with Gasteiger partial charge in [-0.05, 0) is 37.1 Å². The van der Waals surface area contributed by atoms with Gasteiger partial charge in [0.15, 0.2) is 6.61 Å². The van der Waals surface area contributed by atoms with Gasteiger partial charge in [-0.25, -0.2) is 4.79 Å². The monoisotopic (exact) mass is 307 g/mol. The zero-order valence-electron chi connectivity index (χ0n) is 12.7. The number of benzene rings is 1. The molecule has 0 atom stereocenters. The normalized spacial score (nSPS) is 14.8. The number of carbonyl (C=O) groups is 2. The molecule has 22 heavy (non-hydrogen) atoms. The van der Waals surface area contributed by atoms with Crippen molar-refractivity contribution in [1.29, 1.82) is 0 Å². The number of carboxylic acid groups (broad SMARTS) is 1. The summed E-state index contributed by atoms with van der Waals surface area (Å²) in [6, 6.07) is 6.70. The van der Waals surface area contributed by atoms with Crippen LogP contribution in [-0.4, -0.2) is 43.3 Å². The quantitative estimate of drug-likeness (QED) is 0.834. The van der Waals surface area contributed by atoms with Crippen molar-refractivity contribution < 1.29 is 24.2 Å². The van der Waals surface area contributed by atoms with Gasteiger partial charge >= 0.3 is 5.97 Å². The number of rotatable bonds is 7. The molecule has 1 saturated carbocycles. The summed E-state index contributed by atoms with van der Waals surface area (Å²) >= 11 is 0. The van der Waals surface area contributed by atoms with Crippen molar-refractivity contribution in [3.63, 3.8) is 0 Å². The topological polar surface area (TPSA) is 76.1 Å². The Balaban J connectivity index is 1.83. The standard InChI is InChI=1S/C16H21NO5/c1-17(15(18)10-21-13-4-2-3-5-13)12-6-8-14(9-7-12)22-11-16(19)20/h6-9,13H,2-5,10-11H2,1H3,(H,19,20). The van der Waals surface area contributed by atoms with E-state index in [0.29, 0.717) is 11.4 Å². The molecule has 6 heteroatoms. The molecule has 120 valence electrons. The van der Waals surface area contributed by atoms with Gasteiger partial charge in [-0.15, -0.1) is 0 Å². The second kappa shape index (κ2) is 7.79. The minimum Gasteiger partial charge on any atom is -0.482 e. The van der Waals surface area contributed by atoms with Crippen molar-refractivity contribution in [3.8, 4) is 5.75 Å². The second-order valence-corrected chi connectivity index (χ2v) is 5.35. The van der Waals surface area contributed by atoms with E-state index in [0.717, 1.165) is 12.8 Å². The number of amides is 1. The third kappa shape index (κ3) is 4.73. The van der Waals surface area contributed by atoms with Crippen molar-refractivity contribution in [1.82, 2.24) is 0 Å². The van der Waals surface area contributed by atoms with Gasteiger partial charge in [-0.1, -0.05) is 12.8 Å². The van der Waals surface area contributed by atoms with Crippen molar-refractivity contribution in [2.45, 2.75) is 31.8 Å². The zero-order chi connectivity index (χ0) is 15.9.